The van der Waals surface area contributed by atoms with Crippen molar-refractivity contribution in [3.8, 4) is 10.7 Å². The second-order valence-corrected chi connectivity index (χ2v) is 12.1. The van der Waals surface area contributed by atoms with Crippen LogP contribution < -0.4 is 31.6 Å². The number of nitrogens with one attached hydrogen (secondary N) is 6. The molecule has 2 aromatic rings. The lowest BCUT2D eigenvalue weighted by molar-refractivity contribution is -0.362. The number of hydrogen-bond acceptors (Lipinski definition) is 10. The molecule has 0 spiro atoms. The molecule has 0 aromatic carbocycles. The number of aromatic nitrogens is 2. The van der Waals surface area contributed by atoms with Crippen LogP contribution in [0.2, 0.25) is 0 Å². The van der Waals surface area contributed by atoms with Gasteiger partial charge in [0.2, 0.25) is 17.7 Å². The summed E-state index contributed by atoms with van der Waals surface area (Å²) in [5.41, 5.74) is 0.531. The molecule has 0 bridgehead atoms. The zero-order valence-electron chi connectivity index (χ0n) is 22.9. The Morgan fingerprint density at radius 1 is 0.900 bits per heavy atom. The second-order valence-electron chi connectivity index (χ2n) is 9.34. The first-order valence-corrected chi connectivity index (χ1v) is 15.6. The van der Waals surface area contributed by atoms with Crippen molar-refractivity contribution in [1.29, 1.82) is 0 Å². The van der Waals surface area contributed by atoms with Crippen molar-refractivity contribution in [3.63, 3.8) is 0 Å². The highest BCUT2D eigenvalue weighted by molar-refractivity contribution is 7.98. The van der Waals surface area contributed by atoms with Gasteiger partial charge in [0.1, 0.15) is 12.1 Å². The molecule has 0 atom stereocenters. The van der Waals surface area contributed by atoms with Crippen LogP contribution in [-0.2, 0) is 25.5 Å². The molecule has 6 N–H and O–H groups in total. The van der Waals surface area contributed by atoms with Crippen molar-refractivity contribution in [1.82, 2.24) is 31.6 Å². The predicted molar refractivity (Wildman–Crippen MR) is 154 cm³/mol. The van der Waals surface area contributed by atoms with E-state index in [1.807, 2.05) is 11.6 Å². The minimum Gasteiger partial charge on any atom is -0.444 e. The van der Waals surface area contributed by atoms with Crippen molar-refractivity contribution >= 4 is 64.2 Å². The first-order valence-electron chi connectivity index (χ1n) is 12.5. The molecule has 0 aliphatic rings. The molecule has 16 heteroatoms. The number of H-pyrrole nitrogens is 1. The third-order valence-corrected chi connectivity index (χ3v) is 7.23. The summed E-state index contributed by atoms with van der Waals surface area (Å²) in [5.74, 6) is -0.665. The largest absolute Gasteiger partial charge is 0.444 e. The van der Waals surface area contributed by atoms with Crippen LogP contribution in [-0.4, -0.2) is 85.0 Å². The van der Waals surface area contributed by atoms with Gasteiger partial charge in [0, 0.05) is 24.9 Å². The molecule has 0 fully saturated rings. The van der Waals surface area contributed by atoms with Crippen molar-refractivity contribution in [2.75, 3.05) is 44.7 Å². The van der Waals surface area contributed by atoms with Crippen LogP contribution >= 0.6 is 34.4 Å². The number of aromatic amines is 1. The number of ether oxygens (including phenoxy) is 1. The highest BCUT2D eigenvalue weighted by atomic mass is 32.2. The highest BCUT2D eigenvalue weighted by Gasteiger charge is 2.21. The van der Waals surface area contributed by atoms with E-state index >= 15 is 0 Å². The van der Waals surface area contributed by atoms with Crippen LogP contribution in [0, 0.1) is 0 Å². The van der Waals surface area contributed by atoms with E-state index < -0.39 is 23.5 Å². The fourth-order valence-electron chi connectivity index (χ4n) is 2.90. The summed E-state index contributed by atoms with van der Waals surface area (Å²) in [4.78, 5) is 67.1. The minimum atomic E-state index is -0.742. The quantitative estimate of drug-likeness (QED) is 0.181. The Bertz CT molecular complexity index is 1160. The summed E-state index contributed by atoms with van der Waals surface area (Å²) in [7, 11) is 0. The topological polar surface area (TPSA) is 182 Å². The summed E-state index contributed by atoms with van der Waals surface area (Å²) in [6.07, 6.45) is 2.70. The van der Waals surface area contributed by atoms with Gasteiger partial charge in [-0.05, 0) is 39.2 Å². The molecular weight excluding hydrogens is 579 g/mol. The Morgan fingerprint density at radius 3 is 2.20 bits per heavy atom. The molecular formula is C24H36N7O6S3+. The van der Waals surface area contributed by atoms with Gasteiger partial charge in [-0.1, -0.05) is 11.3 Å². The van der Waals surface area contributed by atoms with Crippen LogP contribution in [0.5, 0.6) is 0 Å². The number of amides is 5. The lowest BCUT2D eigenvalue weighted by atomic mass is 10.2. The van der Waals surface area contributed by atoms with Gasteiger partial charge in [-0.2, -0.15) is 16.7 Å². The zero-order valence-corrected chi connectivity index (χ0v) is 25.4. The molecule has 5 amide bonds. The van der Waals surface area contributed by atoms with Gasteiger partial charge < -0.3 is 31.3 Å². The monoisotopic (exact) mass is 614 g/mol. The molecule has 220 valence electrons. The molecule has 2 heterocycles. The van der Waals surface area contributed by atoms with Gasteiger partial charge in [0.25, 0.3) is 10.7 Å². The molecule has 0 unspecified atom stereocenters. The number of rotatable bonds is 15. The molecule has 0 aliphatic carbocycles. The molecule has 13 nitrogen and oxygen atoms in total. The normalized spacial score (nSPS) is 10.9. The number of thiazole rings is 2. The Hall–Kier alpha value is -3.24. The third kappa shape index (κ3) is 13.2. The number of hydrogen-bond donors (Lipinski definition) is 5. The van der Waals surface area contributed by atoms with E-state index in [9.17, 15) is 24.0 Å². The summed E-state index contributed by atoms with van der Waals surface area (Å²) in [6, 6.07) is 0. The van der Waals surface area contributed by atoms with Crippen LogP contribution in [0.3, 0.4) is 0 Å². The number of thioether (sulfide) groups is 1. The average molecular weight is 615 g/mol. The smallest absolute Gasteiger partial charge is 0.408 e. The lowest BCUT2D eigenvalue weighted by Crippen LogP contribution is -2.45. The predicted octanol–water partition coefficient (Wildman–Crippen LogP) is 0.584. The van der Waals surface area contributed by atoms with E-state index in [1.165, 1.54) is 22.7 Å². The third-order valence-electron chi connectivity index (χ3n) is 4.73. The molecule has 2 rings (SSSR count). The Balaban J connectivity index is 1.62. The van der Waals surface area contributed by atoms with Crippen LogP contribution in [0.25, 0.3) is 10.7 Å². The Kier molecular flexibility index (Phi) is 13.8. The van der Waals surface area contributed by atoms with Crippen molar-refractivity contribution < 1.29 is 33.7 Å². The highest BCUT2D eigenvalue weighted by Crippen LogP contribution is 2.22. The Morgan fingerprint density at radius 2 is 1.55 bits per heavy atom. The molecule has 0 radical (unpaired) electrons. The minimum absolute atomic E-state index is 0.147. The summed E-state index contributed by atoms with van der Waals surface area (Å²) >= 11 is 4.59. The SMILES string of the molecule is CSCCCNC(=O)c1csc(-c2csc(CCNC(=O)CNC(=O)CNC(=O)CNC(=O)OC(C)(C)C)n2)[nH+]1. The maximum atomic E-state index is 12.2. The molecule has 2 aromatic heterocycles. The summed E-state index contributed by atoms with van der Waals surface area (Å²) < 4.78 is 5.01. The van der Waals surface area contributed by atoms with Gasteiger partial charge in [0.15, 0.2) is 5.69 Å². The lowest BCUT2D eigenvalue weighted by Gasteiger charge is -2.19. The standard InChI is InChI=1S/C24H35N7O6S3/c1-24(2,3)37-23(36)29-12-19(34)28-11-18(33)27-10-17(32)25-8-6-20-30-16(14-39-20)22-31-15(13-40-22)21(35)26-7-5-9-38-4/h13-14H,5-12H2,1-4H3,(H,25,32)(H,26,35)(H,27,33)(H,28,34)(H,29,36)/p+1. The molecule has 40 heavy (non-hydrogen) atoms. The molecule has 0 aliphatic heterocycles. The van der Waals surface area contributed by atoms with E-state index in [4.69, 9.17) is 4.74 Å². The first-order chi connectivity index (χ1) is 19.0. The van der Waals surface area contributed by atoms with Gasteiger partial charge >= 0.3 is 12.0 Å². The Labute approximate surface area is 245 Å². The number of nitrogens with zero attached hydrogens (tertiary/aromatic N) is 1. The fraction of sp³-hybridized carbons (Fsp3) is 0.542. The van der Waals surface area contributed by atoms with Gasteiger partial charge in [-0.15, -0.1) is 11.3 Å². The van der Waals surface area contributed by atoms with Crippen LogP contribution in [0.4, 0.5) is 4.79 Å². The van der Waals surface area contributed by atoms with E-state index in [0.29, 0.717) is 25.2 Å². The van der Waals surface area contributed by atoms with E-state index in [2.05, 4.69) is 36.6 Å². The molecule has 0 saturated carbocycles. The average Bonchev–Trinajstić information content (AvgIpc) is 3.56. The summed E-state index contributed by atoms with van der Waals surface area (Å²) in [6.45, 7) is 5.10. The van der Waals surface area contributed by atoms with Crippen molar-refractivity contribution in [3.05, 3.63) is 21.5 Å². The van der Waals surface area contributed by atoms with Gasteiger partial charge in [0.05, 0.1) is 23.5 Å². The van der Waals surface area contributed by atoms with Gasteiger partial charge in [-0.25, -0.2) is 9.78 Å². The number of alkyl carbamates (subject to hydrolysis) is 1. The maximum absolute atomic E-state index is 12.2. The van der Waals surface area contributed by atoms with Crippen LogP contribution in [0.1, 0.15) is 42.7 Å². The van der Waals surface area contributed by atoms with Crippen LogP contribution in [0.15, 0.2) is 10.8 Å². The van der Waals surface area contributed by atoms with Crippen molar-refractivity contribution in [2.45, 2.75) is 39.2 Å². The maximum Gasteiger partial charge on any atom is 0.408 e. The zero-order chi connectivity index (χ0) is 29.5. The van der Waals surface area contributed by atoms with E-state index in [1.54, 1.807) is 37.9 Å². The first kappa shape index (κ1) is 33.0. The number of carbonyl (C=O) groups excluding carboxylic acids is 5. The number of carbonyl (C=O) groups is 5. The molecule has 0 saturated heterocycles. The van der Waals surface area contributed by atoms with E-state index in [-0.39, 0.29) is 31.4 Å². The van der Waals surface area contributed by atoms with Crippen molar-refractivity contribution in [2.24, 2.45) is 0 Å². The summed E-state index contributed by atoms with van der Waals surface area (Å²) in [5, 5.41) is 17.9. The van der Waals surface area contributed by atoms with E-state index in [0.717, 1.165) is 27.9 Å². The fourth-order valence-corrected chi connectivity index (χ4v) is 4.99. The van der Waals surface area contributed by atoms with Gasteiger partial charge in [-0.3, -0.25) is 19.2 Å². The second kappa shape index (κ2) is 16.8.